The van der Waals surface area contributed by atoms with Crippen molar-refractivity contribution in [3.05, 3.63) is 33.0 Å². The van der Waals surface area contributed by atoms with E-state index < -0.39 is 11.2 Å². The Labute approximate surface area is 131 Å². The number of hydrogen-bond donors (Lipinski definition) is 1. The van der Waals surface area contributed by atoms with Crippen LogP contribution in [-0.4, -0.2) is 30.1 Å². The third-order valence-electron chi connectivity index (χ3n) is 3.35. The van der Waals surface area contributed by atoms with E-state index in [1.165, 1.54) is 23.3 Å². The van der Waals surface area contributed by atoms with Crippen LogP contribution in [0, 0.1) is 0 Å². The van der Waals surface area contributed by atoms with Gasteiger partial charge in [-0.25, -0.2) is 9.78 Å². The normalized spacial score (nSPS) is 13.1. The number of aromatic amines is 1. The largest absolute Gasteiger partial charge is 0.329 e. The van der Waals surface area contributed by atoms with Crippen molar-refractivity contribution in [1.29, 1.82) is 0 Å². The van der Waals surface area contributed by atoms with Gasteiger partial charge in [0.2, 0.25) is 0 Å². The van der Waals surface area contributed by atoms with Crippen LogP contribution in [0.1, 0.15) is 20.8 Å². The number of carbonyl (C=O) groups excluding carboxylic acids is 1. The van der Waals surface area contributed by atoms with Crippen LogP contribution in [0.25, 0.3) is 11.2 Å². The second-order valence-electron chi connectivity index (χ2n) is 4.94. The lowest BCUT2D eigenvalue weighted by Gasteiger charge is -2.08. The molecule has 0 fully saturated rings. The number of aryl methyl sites for hydroxylation is 1. The van der Waals surface area contributed by atoms with Crippen LogP contribution >= 0.6 is 11.8 Å². The van der Waals surface area contributed by atoms with Gasteiger partial charge in [0.25, 0.3) is 5.56 Å². The van der Waals surface area contributed by atoms with E-state index in [0.29, 0.717) is 22.9 Å². The number of ketones is 1. The van der Waals surface area contributed by atoms with E-state index in [1.54, 1.807) is 18.5 Å². The molecule has 2 aromatic heterocycles. The highest BCUT2D eigenvalue weighted by atomic mass is 32.2. The molecule has 0 aliphatic heterocycles. The summed E-state index contributed by atoms with van der Waals surface area (Å²) in [5.41, 5.74) is -0.336. The lowest BCUT2D eigenvalue weighted by atomic mass is 10.3. The number of thioether (sulfide) groups is 1. The number of carbonyl (C=O) groups is 1. The highest BCUT2D eigenvalue weighted by molar-refractivity contribution is 8.00. The molecule has 118 valence electrons. The molecule has 0 saturated heterocycles. The second kappa shape index (κ2) is 6.35. The van der Waals surface area contributed by atoms with Gasteiger partial charge in [0.1, 0.15) is 5.78 Å². The van der Waals surface area contributed by atoms with Crippen molar-refractivity contribution in [2.24, 2.45) is 7.05 Å². The molecule has 22 heavy (non-hydrogen) atoms. The summed E-state index contributed by atoms with van der Waals surface area (Å²) in [6, 6.07) is 0. The van der Waals surface area contributed by atoms with Crippen LogP contribution in [0.3, 0.4) is 0 Å². The second-order valence-corrected chi connectivity index (χ2v) is 6.24. The maximum absolute atomic E-state index is 12.1. The zero-order chi connectivity index (χ0) is 16.4. The Kier molecular flexibility index (Phi) is 4.70. The van der Waals surface area contributed by atoms with Crippen LogP contribution in [-0.2, 0) is 18.4 Å². The highest BCUT2D eigenvalue weighted by Gasteiger charge is 2.20. The van der Waals surface area contributed by atoms with Crippen LogP contribution in [0.2, 0.25) is 0 Å². The quantitative estimate of drug-likeness (QED) is 0.657. The summed E-state index contributed by atoms with van der Waals surface area (Å²) in [6.45, 7) is 5.63. The van der Waals surface area contributed by atoms with Gasteiger partial charge in [-0.15, -0.1) is 0 Å². The molecule has 8 heteroatoms. The van der Waals surface area contributed by atoms with Gasteiger partial charge < -0.3 is 4.57 Å². The van der Waals surface area contributed by atoms with Gasteiger partial charge in [0.05, 0.1) is 5.25 Å². The minimum atomic E-state index is -0.510. The zero-order valence-electron chi connectivity index (χ0n) is 12.9. The van der Waals surface area contributed by atoms with Gasteiger partial charge in [0, 0.05) is 13.6 Å². The fourth-order valence-corrected chi connectivity index (χ4v) is 2.84. The van der Waals surface area contributed by atoms with Gasteiger partial charge in [0.15, 0.2) is 16.3 Å². The summed E-state index contributed by atoms with van der Waals surface area (Å²) in [5, 5.41) is 0.264. The molecule has 0 aromatic carbocycles. The number of fused-ring (bicyclic) bond motifs is 1. The molecule has 1 unspecified atom stereocenters. The van der Waals surface area contributed by atoms with Crippen molar-refractivity contribution < 1.29 is 4.79 Å². The van der Waals surface area contributed by atoms with Crippen molar-refractivity contribution in [3.8, 4) is 0 Å². The van der Waals surface area contributed by atoms with Crippen molar-refractivity contribution >= 4 is 28.7 Å². The molecule has 0 amide bonds. The maximum Gasteiger partial charge on any atom is 0.329 e. The Morgan fingerprint density at radius 2 is 2.14 bits per heavy atom. The number of allylic oxidation sites excluding steroid dienone is 2. The molecular formula is C14H18N4O3S. The Balaban J connectivity index is 2.72. The third-order valence-corrected chi connectivity index (χ3v) is 4.56. The van der Waals surface area contributed by atoms with E-state index in [-0.39, 0.29) is 11.0 Å². The maximum atomic E-state index is 12.1. The van der Waals surface area contributed by atoms with Gasteiger partial charge in [-0.05, 0) is 20.8 Å². The predicted molar refractivity (Wildman–Crippen MR) is 86.4 cm³/mol. The molecule has 2 rings (SSSR count). The predicted octanol–water partition coefficient (Wildman–Crippen LogP) is 1.07. The number of imidazole rings is 1. The highest BCUT2D eigenvalue weighted by Crippen LogP contribution is 2.25. The van der Waals surface area contributed by atoms with Crippen LogP contribution in [0.4, 0.5) is 0 Å². The summed E-state index contributed by atoms with van der Waals surface area (Å²) in [5.74, 6) is 0.0254. The van der Waals surface area contributed by atoms with Gasteiger partial charge >= 0.3 is 5.69 Å². The van der Waals surface area contributed by atoms with Crippen LogP contribution in [0.15, 0.2) is 26.9 Å². The smallest absolute Gasteiger partial charge is 0.309 e. The molecule has 7 nitrogen and oxygen atoms in total. The molecule has 0 aliphatic rings. The number of rotatable bonds is 5. The van der Waals surface area contributed by atoms with E-state index in [0.717, 1.165) is 0 Å². The molecule has 0 bridgehead atoms. The number of aromatic nitrogens is 4. The Morgan fingerprint density at radius 3 is 2.73 bits per heavy atom. The lowest BCUT2D eigenvalue weighted by Crippen LogP contribution is -2.29. The SMILES string of the molecule is CC=CCn1c(SC(C)C(C)=O)nc2c1c(=O)[nH]c(=O)n2C. The number of nitrogens with zero attached hydrogens (tertiary/aromatic N) is 3. The fourth-order valence-electron chi connectivity index (χ4n) is 1.93. The Morgan fingerprint density at radius 1 is 1.45 bits per heavy atom. The molecule has 1 atom stereocenters. The van der Waals surface area contributed by atoms with Crippen molar-refractivity contribution in [2.75, 3.05) is 0 Å². The minimum Gasteiger partial charge on any atom is -0.309 e. The molecule has 0 radical (unpaired) electrons. The summed E-state index contributed by atoms with van der Waals surface area (Å²) in [7, 11) is 1.55. The van der Waals surface area contributed by atoms with Gasteiger partial charge in [-0.3, -0.25) is 19.1 Å². The van der Waals surface area contributed by atoms with Crippen LogP contribution < -0.4 is 11.2 Å². The third kappa shape index (κ3) is 2.92. The topological polar surface area (TPSA) is 89.8 Å². The number of hydrogen-bond acceptors (Lipinski definition) is 5. The summed E-state index contributed by atoms with van der Waals surface area (Å²) in [4.78, 5) is 42.0. The van der Waals surface area contributed by atoms with E-state index in [1.807, 2.05) is 19.1 Å². The van der Waals surface area contributed by atoms with E-state index in [2.05, 4.69) is 9.97 Å². The summed E-state index contributed by atoms with van der Waals surface area (Å²) < 4.78 is 3.02. The average Bonchev–Trinajstić information content (AvgIpc) is 2.81. The Hall–Kier alpha value is -2.09. The first-order valence-corrected chi connectivity index (χ1v) is 7.72. The monoisotopic (exact) mass is 322 g/mol. The van der Waals surface area contributed by atoms with Crippen LogP contribution in [0.5, 0.6) is 0 Å². The van der Waals surface area contributed by atoms with Crippen molar-refractivity contribution in [3.63, 3.8) is 0 Å². The minimum absolute atomic E-state index is 0.0254. The molecule has 0 spiro atoms. The molecule has 0 aliphatic carbocycles. The summed E-state index contributed by atoms with van der Waals surface area (Å²) in [6.07, 6.45) is 3.75. The zero-order valence-corrected chi connectivity index (χ0v) is 13.7. The van der Waals surface area contributed by atoms with E-state index >= 15 is 0 Å². The standard InChI is InChI=1S/C14H18N4O3S/c1-5-6-7-18-10-11(17(4)13(21)16-12(10)20)15-14(18)22-9(3)8(2)19/h5-6,9H,7H2,1-4H3,(H,16,20,21). The number of Topliss-reactive ketones (excluding diaryl/α,β-unsaturated/α-hetero) is 1. The first-order valence-electron chi connectivity index (χ1n) is 6.84. The molecule has 2 aromatic rings. The summed E-state index contributed by atoms with van der Waals surface area (Å²) >= 11 is 1.28. The molecule has 1 N–H and O–H groups in total. The van der Waals surface area contributed by atoms with Crippen molar-refractivity contribution in [1.82, 2.24) is 19.1 Å². The molecule has 0 saturated carbocycles. The van der Waals surface area contributed by atoms with Crippen molar-refractivity contribution in [2.45, 2.75) is 37.7 Å². The van der Waals surface area contributed by atoms with Gasteiger partial charge in [-0.2, -0.15) is 0 Å². The molecular weight excluding hydrogens is 304 g/mol. The fraction of sp³-hybridized carbons (Fsp3) is 0.429. The number of H-pyrrole nitrogens is 1. The lowest BCUT2D eigenvalue weighted by molar-refractivity contribution is -0.116. The first-order chi connectivity index (χ1) is 10.4. The Bertz CT molecular complexity index is 859. The van der Waals surface area contributed by atoms with Gasteiger partial charge in [-0.1, -0.05) is 23.9 Å². The van der Waals surface area contributed by atoms with E-state index in [9.17, 15) is 14.4 Å². The van der Waals surface area contributed by atoms with E-state index in [4.69, 9.17) is 0 Å². The molecule has 2 heterocycles. The number of nitrogens with one attached hydrogen (secondary N) is 1. The average molecular weight is 322 g/mol. The first kappa shape index (κ1) is 16.3.